The van der Waals surface area contributed by atoms with E-state index in [2.05, 4.69) is 98.8 Å². The molecule has 0 aromatic heterocycles. The molecule has 0 saturated heterocycles. The molecule has 0 heteroatoms. The Kier molecular flexibility index (Phi) is 4.11. The van der Waals surface area contributed by atoms with Crippen LogP contribution in [0.15, 0.2) is 84.9 Å². The summed E-state index contributed by atoms with van der Waals surface area (Å²) in [5.74, 6) is 0. The van der Waals surface area contributed by atoms with E-state index in [0.29, 0.717) is 0 Å². The largest absolute Gasteiger partial charge is 0.0620 e. The van der Waals surface area contributed by atoms with Gasteiger partial charge in [-0.1, -0.05) is 84.9 Å². The maximum atomic E-state index is 2.30. The second-order valence-electron chi connectivity index (χ2n) is 6.74. The first-order chi connectivity index (χ1) is 12.2. The Morgan fingerprint density at radius 1 is 0.560 bits per heavy atom. The van der Waals surface area contributed by atoms with Crippen molar-refractivity contribution >= 4 is 10.8 Å². The number of hydrogen-bond donors (Lipinski definition) is 0. The third kappa shape index (κ3) is 2.96. The van der Waals surface area contributed by atoms with Crippen LogP contribution in [-0.2, 0) is 6.42 Å². The SMILES string of the molecule is Cc1ccccc1Cc1ccc2ccccc2c1-c1ccccc1C. The van der Waals surface area contributed by atoms with E-state index in [1.165, 1.54) is 44.2 Å². The Morgan fingerprint density at radius 2 is 1.24 bits per heavy atom. The molecule has 25 heavy (non-hydrogen) atoms. The van der Waals surface area contributed by atoms with Crippen molar-refractivity contribution < 1.29 is 0 Å². The Hall–Kier alpha value is -2.86. The van der Waals surface area contributed by atoms with Gasteiger partial charge in [0.1, 0.15) is 0 Å². The summed E-state index contributed by atoms with van der Waals surface area (Å²) in [6.07, 6.45) is 0.959. The second-order valence-corrected chi connectivity index (χ2v) is 6.74. The minimum atomic E-state index is 0.959. The van der Waals surface area contributed by atoms with Gasteiger partial charge in [-0.05, 0) is 64.4 Å². The molecule has 0 fully saturated rings. The van der Waals surface area contributed by atoms with E-state index < -0.39 is 0 Å². The number of fused-ring (bicyclic) bond motifs is 1. The van der Waals surface area contributed by atoms with Crippen LogP contribution in [0, 0.1) is 13.8 Å². The van der Waals surface area contributed by atoms with Gasteiger partial charge in [0.25, 0.3) is 0 Å². The average molecular weight is 322 g/mol. The van der Waals surface area contributed by atoms with Gasteiger partial charge in [0, 0.05) is 0 Å². The first-order valence-electron chi connectivity index (χ1n) is 8.85. The molecule has 0 N–H and O–H groups in total. The summed E-state index contributed by atoms with van der Waals surface area (Å²) in [5.41, 5.74) is 8.17. The van der Waals surface area contributed by atoms with E-state index >= 15 is 0 Å². The minimum Gasteiger partial charge on any atom is -0.0620 e. The van der Waals surface area contributed by atoms with Crippen LogP contribution in [0.25, 0.3) is 21.9 Å². The van der Waals surface area contributed by atoms with Crippen LogP contribution >= 0.6 is 0 Å². The molecule has 0 saturated carbocycles. The summed E-state index contributed by atoms with van der Waals surface area (Å²) in [6, 6.07) is 30.7. The van der Waals surface area contributed by atoms with Gasteiger partial charge in [-0.15, -0.1) is 0 Å². The molecule has 0 nitrogen and oxygen atoms in total. The van der Waals surface area contributed by atoms with Crippen molar-refractivity contribution in [2.75, 3.05) is 0 Å². The third-order valence-corrected chi connectivity index (χ3v) is 5.07. The van der Waals surface area contributed by atoms with E-state index in [0.717, 1.165) is 6.42 Å². The number of benzene rings is 4. The van der Waals surface area contributed by atoms with Gasteiger partial charge in [0.05, 0.1) is 0 Å². The van der Waals surface area contributed by atoms with Crippen molar-refractivity contribution in [1.82, 2.24) is 0 Å². The topological polar surface area (TPSA) is 0 Å². The number of rotatable bonds is 3. The highest BCUT2D eigenvalue weighted by atomic mass is 14.2. The van der Waals surface area contributed by atoms with E-state index in [-0.39, 0.29) is 0 Å². The summed E-state index contributed by atoms with van der Waals surface area (Å²) in [5, 5.41) is 2.64. The summed E-state index contributed by atoms with van der Waals surface area (Å²) in [6.45, 7) is 4.40. The van der Waals surface area contributed by atoms with Crippen molar-refractivity contribution in [3.63, 3.8) is 0 Å². The Labute approximate surface area is 149 Å². The standard InChI is InChI=1S/C25H22/c1-18-9-3-5-12-21(18)17-22-16-15-20-11-6-8-14-24(20)25(22)23-13-7-4-10-19(23)2/h3-16H,17H2,1-2H3. The van der Waals surface area contributed by atoms with E-state index in [1.807, 2.05) is 0 Å². The highest BCUT2D eigenvalue weighted by molar-refractivity contribution is 5.99. The first-order valence-corrected chi connectivity index (χ1v) is 8.85. The molecule has 4 aromatic rings. The van der Waals surface area contributed by atoms with Gasteiger partial charge in [-0.3, -0.25) is 0 Å². The number of hydrogen-bond acceptors (Lipinski definition) is 0. The molecule has 0 amide bonds. The molecule has 0 heterocycles. The zero-order valence-electron chi connectivity index (χ0n) is 14.8. The molecule has 0 radical (unpaired) electrons. The summed E-state index contributed by atoms with van der Waals surface area (Å²) < 4.78 is 0. The van der Waals surface area contributed by atoms with E-state index in [9.17, 15) is 0 Å². The quantitative estimate of drug-likeness (QED) is 0.393. The lowest BCUT2D eigenvalue weighted by Crippen LogP contribution is -1.97. The third-order valence-electron chi connectivity index (χ3n) is 5.07. The van der Waals surface area contributed by atoms with Crippen LogP contribution in [0.3, 0.4) is 0 Å². The average Bonchev–Trinajstić information content (AvgIpc) is 2.64. The lowest BCUT2D eigenvalue weighted by atomic mass is 9.88. The maximum absolute atomic E-state index is 2.30. The highest BCUT2D eigenvalue weighted by Gasteiger charge is 2.13. The zero-order valence-corrected chi connectivity index (χ0v) is 14.8. The van der Waals surface area contributed by atoms with Crippen LogP contribution in [0.1, 0.15) is 22.3 Å². The van der Waals surface area contributed by atoms with Crippen molar-refractivity contribution in [2.24, 2.45) is 0 Å². The number of aryl methyl sites for hydroxylation is 2. The van der Waals surface area contributed by atoms with E-state index in [4.69, 9.17) is 0 Å². The zero-order chi connectivity index (χ0) is 17.2. The second kappa shape index (κ2) is 6.57. The molecule has 0 bridgehead atoms. The van der Waals surface area contributed by atoms with Crippen LogP contribution in [-0.4, -0.2) is 0 Å². The fourth-order valence-electron chi connectivity index (χ4n) is 3.65. The molecule has 4 aromatic carbocycles. The maximum Gasteiger partial charge on any atom is -0.00168 e. The Bertz CT molecular complexity index is 1040. The molecule has 0 aliphatic heterocycles. The van der Waals surface area contributed by atoms with Crippen molar-refractivity contribution in [1.29, 1.82) is 0 Å². The highest BCUT2D eigenvalue weighted by Crippen LogP contribution is 2.35. The van der Waals surface area contributed by atoms with Crippen LogP contribution in [0.2, 0.25) is 0 Å². The van der Waals surface area contributed by atoms with Gasteiger partial charge in [0.2, 0.25) is 0 Å². The molecule has 0 unspecified atom stereocenters. The fourth-order valence-corrected chi connectivity index (χ4v) is 3.65. The molecule has 0 spiro atoms. The van der Waals surface area contributed by atoms with Crippen LogP contribution < -0.4 is 0 Å². The molecule has 0 aliphatic carbocycles. The van der Waals surface area contributed by atoms with E-state index in [1.54, 1.807) is 0 Å². The molecular formula is C25H22. The fraction of sp³-hybridized carbons (Fsp3) is 0.120. The molecule has 4 rings (SSSR count). The predicted molar refractivity (Wildman–Crippen MR) is 108 cm³/mol. The van der Waals surface area contributed by atoms with Crippen LogP contribution in [0.5, 0.6) is 0 Å². The molecule has 122 valence electrons. The van der Waals surface area contributed by atoms with Gasteiger partial charge >= 0.3 is 0 Å². The molecule has 0 aliphatic rings. The van der Waals surface area contributed by atoms with Gasteiger partial charge in [-0.2, -0.15) is 0 Å². The van der Waals surface area contributed by atoms with Gasteiger partial charge in [0.15, 0.2) is 0 Å². The molecule has 0 atom stereocenters. The Balaban J connectivity index is 1.97. The van der Waals surface area contributed by atoms with Gasteiger partial charge in [-0.25, -0.2) is 0 Å². The van der Waals surface area contributed by atoms with Gasteiger partial charge < -0.3 is 0 Å². The smallest absolute Gasteiger partial charge is 0.00168 e. The Morgan fingerprint density at radius 3 is 2.04 bits per heavy atom. The van der Waals surface area contributed by atoms with Crippen molar-refractivity contribution in [3.8, 4) is 11.1 Å². The minimum absolute atomic E-state index is 0.959. The summed E-state index contributed by atoms with van der Waals surface area (Å²) >= 11 is 0. The monoisotopic (exact) mass is 322 g/mol. The van der Waals surface area contributed by atoms with Crippen LogP contribution in [0.4, 0.5) is 0 Å². The normalized spacial score (nSPS) is 11.0. The predicted octanol–water partition coefficient (Wildman–Crippen LogP) is 6.71. The van der Waals surface area contributed by atoms with Crippen molar-refractivity contribution in [3.05, 3.63) is 107 Å². The lowest BCUT2D eigenvalue weighted by molar-refractivity contribution is 1.16. The summed E-state index contributed by atoms with van der Waals surface area (Å²) in [7, 11) is 0. The molecular weight excluding hydrogens is 300 g/mol. The lowest BCUT2D eigenvalue weighted by Gasteiger charge is -2.16. The summed E-state index contributed by atoms with van der Waals surface area (Å²) in [4.78, 5) is 0. The first kappa shape index (κ1) is 15.7. The van der Waals surface area contributed by atoms with Crippen molar-refractivity contribution in [2.45, 2.75) is 20.3 Å².